The third-order valence-electron chi connectivity index (χ3n) is 8.60. The summed E-state index contributed by atoms with van der Waals surface area (Å²) in [6.45, 7) is 0. The maximum absolute atomic E-state index is 14.4. The van der Waals surface area contributed by atoms with Gasteiger partial charge in [-0.1, -0.05) is 77.8 Å². The number of carbonyl (C=O) groups is 3. The molecule has 1 fully saturated rings. The smallest absolute Gasteiger partial charge is 0.271 e. The summed E-state index contributed by atoms with van der Waals surface area (Å²) >= 11 is 12.7. The van der Waals surface area contributed by atoms with Crippen LogP contribution in [0.2, 0.25) is 10.0 Å². The lowest BCUT2D eigenvalue weighted by Crippen LogP contribution is -2.54. The van der Waals surface area contributed by atoms with Crippen molar-refractivity contribution in [3.63, 3.8) is 0 Å². The minimum absolute atomic E-state index is 0.207. The van der Waals surface area contributed by atoms with Crippen LogP contribution in [0.25, 0.3) is 0 Å². The molecule has 1 saturated heterocycles. The van der Waals surface area contributed by atoms with Crippen molar-refractivity contribution in [1.82, 2.24) is 5.43 Å². The summed E-state index contributed by atoms with van der Waals surface area (Å²) in [5.74, 6) is -2.46. The van der Waals surface area contributed by atoms with E-state index in [1.54, 1.807) is 42.6 Å². The van der Waals surface area contributed by atoms with Gasteiger partial charge in [0.05, 0.1) is 35.1 Å². The van der Waals surface area contributed by atoms with Gasteiger partial charge >= 0.3 is 0 Å². The first kappa shape index (κ1) is 26.4. The van der Waals surface area contributed by atoms with E-state index in [0.717, 1.165) is 22.3 Å². The summed E-state index contributed by atoms with van der Waals surface area (Å²) in [7, 11) is 1.53. The SMILES string of the molecule is COc1cccc(C(=O)N/N=C\C23c4ccccc4C(c4ccccc42)[C@H]2C(=O)N(c4ccc(Cl)cc4Cl)C(=O)[C@H]23)c1. The maximum Gasteiger partial charge on any atom is 0.271 e. The lowest BCUT2D eigenvalue weighted by Gasteiger charge is -2.52. The minimum Gasteiger partial charge on any atom is -0.497 e. The van der Waals surface area contributed by atoms with E-state index >= 15 is 0 Å². The molecule has 7 nitrogen and oxygen atoms in total. The van der Waals surface area contributed by atoms with Crippen molar-refractivity contribution in [2.45, 2.75) is 11.3 Å². The molecule has 2 atom stereocenters. The van der Waals surface area contributed by atoms with Gasteiger partial charge in [0.1, 0.15) is 5.75 Å². The third kappa shape index (κ3) is 3.67. The Morgan fingerprint density at radius 1 is 0.905 bits per heavy atom. The average molecular weight is 596 g/mol. The van der Waals surface area contributed by atoms with Crippen LogP contribution in [0.1, 0.15) is 38.5 Å². The van der Waals surface area contributed by atoms with Crippen LogP contribution in [0.3, 0.4) is 0 Å². The molecule has 9 heteroatoms. The molecule has 0 saturated carbocycles. The number of anilines is 1. The zero-order valence-electron chi connectivity index (χ0n) is 22.3. The molecular formula is C33H23Cl2N3O4. The van der Waals surface area contributed by atoms with Gasteiger partial charge < -0.3 is 4.74 Å². The van der Waals surface area contributed by atoms with Crippen molar-refractivity contribution in [3.8, 4) is 5.75 Å². The van der Waals surface area contributed by atoms with Crippen LogP contribution in [-0.4, -0.2) is 31.0 Å². The number of carbonyl (C=O) groups excluding carboxylic acids is 3. The number of nitrogens with one attached hydrogen (secondary N) is 1. The highest BCUT2D eigenvalue weighted by atomic mass is 35.5. The fraction of sp³-hybridized carbons (Fsp3) is 0.152. The highest BCUT2D eigenvalue weighted by molar-refractivity contribution is 6.38. The van der Waals surface area contributed by atoms with Gasteiger partial charge in [-0.25, -0.2) is 10.3 Å². The molecule has 0 aromatic heterocycles. The summed E-state index contributed by atoms with van der Waals surface area (Å²) in [6.07, 6.45) is 1.62. The molecule has 208 valence electrons. The van der Waals surface area contributed by atoms with Gasteiger partial charge in [0.15, 0.2) is 0 Å². The van der Waals surface area contributed by atoms with Crippen LogP contribution >= 0.6 is 23.2 Å². The zero-order valence-corrected chi connectivity index (χ0v) is 23.8. The third-order valence-corrected chi connectivity index (χ3v) is 9.14. The highest BCUT2D eigenvalue weighted by Crippen LogP contribution is 2.63. The quantitative estimate of drug-likeness (QED) is 0.175. The summed E-state index contributed by atoms with van der Waals surface area (Å²) < 4.78 is 5.24. The normalized spacial score (nSPS) is 23.5. The Morgan fingerprint density at radius 3 is 2.26 bits per heavy atom. The van der Waals surface area contributed by atoms with E-state index < -0.39 is 23.2 Å². The Balaban J connectivity index is 1.39. The number of hydrogen-bond donors (Lipinski definition) is 1. The Morgan fingerprint density at radius 2 is 1.60 bits per heavy atom. The minimum atomic E-state index is -1.13. The number of imide groups is 1. The second-order valence-corrected chi connectivity index (χ2v) is 11.4. The van der Waals surface area contributed by atoms with Crippen LogP contribution < -0.4 is 15.1 Å². The number of halogens is 2. The summed E-state index contributed by atoms with van der Waals surface area (Å²) in [6, 6.07) is 27.1. The topological polar surface area (TPSA) is 88.1 Å². The fourth-order valence-electron chi connectivity index (χ4n) is 6.97. The molecule has 1 heterocycles. The van der Waals surface area contributed by atoms with E-state index in [4.69, 9.17) is 27.9 Å². The zero-order chi connectivity index (χ0) is 29.2. The first-order valence-electron chi connectivity index (χ1n) is 13.4. The number of benzene rings is 4. The molecule has 4 aromatic rings. The Hall–Kier alpha value is -4.46. The molecule has 4 aromatic carbocycles. The lowest BCUT2D eigenvalue weighted by molar-refractivity contribution is -0.122. The van der Waals surface area contributed by atoms with Crippen molar-refractivity contribution in [2.24, 2.45) is 16.9 Å². The first-order valence-corrected chi connectivity index (χ1v) is 14.1. The first-order chi connectivity index (χ1) is 20.4. The van der Waals surface area contributed by atoms with Gasteiger partial charge in [0.25, 0.3) is 5.91 Å². The van der Waals surface area contributed by atoms with Crippen LogP contribution in [0.4, 0.5) is 5.69 Å². The van der Waals surface area contributed by atoms with E-state index in [-0.39, 0.29) is 28.4 Å². The molecule has 0 unspecified atom stereocenters. The number of amides is 3. The van der Waals surface area contributed by atoms with Crippen LogP contribution in [0, 0.1) is 11.8 Å². The number of ether oxygens (including phenoxy) is 1. The van der Waals surface area contributed by atoms with Gasteiger partial charge in [-0.3, -0.25) is 14.4 Å². The van der Waals surface area contributed by atoms with Crippen molar-refractivity contribution >= 4 is 52.8 Å². The van der Waals surface area contributed by atoms with Crippen LogP contribution in [-0.2, 0) is 15.0 Å². The number of nitrogens with zero attached hydrogens (tertiary/aromatic N) is 2. The molecule has 3 aliphatic carbocycles. The van der Waals surface area contributed by atoms with E-state index in [9.17, 15) is 14.4 Å². The molecule has 0 radical (unpaired) electrons. The van der Waals surface area contributed by atoms with E-state index in [1.165, 1.54) is 18.1 Å². The molecule has 1 aliphatic heterocycles. The predicted molar refractivity (Wildman–Crippen MR) is 160 cm³/mol. The molecule has 3 amide bonds. The number of rotatable bonds is 5. The van der Waals surface area contributed by atoms with E-state index in [1.807, 2.05) is 48.5 Å². The molecule has 0 spiro atoms. The predicted octanol–water partition coefficient (Wildman–Crippen LogP) is 5.97. The van der Waals surface area contributed by atoms with Crippen molar-refractivity contribution < 1.29 is 19.1 Å². The van der Waals surface area contributed by atoms with Crippen molar-refractivity contribution in [1.29, 1.82) is 0 Å². The Labute approximate surface area is 251 Å². The standard InChI is InChI=1S/C33H23Cl2N3O4/c1-42-20-8-6-7-18(15-20)30(39)37-36-17-33-23-11-4-2-9-21(23)27(22-10-3-5-12-24(22)33)28-29(33)32(41)38(31(28)40)26-14-13-19(34)16-25(26)35/h2-17,27-29H,1H3,(H,37,39)/b36-17-/t27?,28-,29+,33?/m1/s1. The van der Waals surface area contributed by atoms with Crippen molar-refractivity contribution in [2.75, 3.05) is 12.0 Å². The summed E-state index contributed by atoms with van der Waals surface area (Å²) in [5, 5.41) is 5.05. The van der Waals surface area contributed by atoms with Gasteiger partial charge in [-0.2, -0.15) is 5.10 Å². The molecule has 2 bridgehead atoms. The average Bonchev–Trinajstić information content (AvgIpc) is 3.27. The Kier molecular flexibility index (Phi) is 6.18. The second kappa shape index (κ2) is 9.82. The van der Waals surface area contributed by atoms with Crippen molar-refractivity contribution in [3.05, 3.63) is 129 Å². The number of hydrazone groups is 1. The molecule has 1 N–H and O–H groups in total. The Bertz CT molecular complexity index is 1790. The van der Waals surface area contributed by atoms with Gasteiger partial charge in [-0.05, 0) is 58.7 Å². The lowest BCUT2D eigenvalue weighted by atomic mass is 9.47. The van der Waals surface area contributed by atoms with E-state index in [2.05, 4.69) is 10.5 Å². The number of hydrogen-bond acceptors (Lipinski definition) is 5. The van der Waals surface area contributed by atoms with Gasteiger partial charge in [0.2, 0.25) is 11.8 Å². The maximum atomic E-state index is 14.4. The van der Waals surface area contributed by atoms with E-state index in [0.29, 0.717) is 16.3 Å². The van der Waals surface area contributed by atoms with Crippen LogP contribution in [0.5, 0.6) is 5.75 Å². The largest absolute Gasteiger partial charge is 0.497 e. The molecule has 4 aliphatic rings. The fourth-order valence-corrected chi connectivity index (χ4v) is 7.46. The molecular weight excluding hydrogens is 573 g/mol. The summed E-state index contributed by atoms with van der Waals surface area (Å²) in [4.78, 5) is 42.9. The monoisotopic (exact) mass is 595 g/mol. The second-order valence-electron chi connectivity index (χ2n) is 10.6. The summed E-state index contributed by atoms with van der Waals surface area (Å²) in [5.41, 5.74) is 5.81. The molecule has 8 rings (SSSR count). The van der Waals surface area contributed by atoms with Crippen LogP contribution in [0.15, 0.2) is 96.1 Å². The molecule has 42 heavy (non-hydrogen) atoms. The highest BCUT2D eigenvalue weighted by Gasteiger charge is 2.68. The van der Waals surface area contributed by atoms with Gasteiger partial charge in [0, 0.05) is 22.7 Å². The van der Waals surface area contributed by atoms with Gasteiger partial charge in [-0.15, -0.1) is 0 Å². The number of methoxy groups -OCH3 is 1.